The van der Waals surface area contributed by atoms with Gasteiger partial charge in [0.15, 0.2) is 0 Å². The molecule has 1 amide bonds. The normalized spacial score (nSPS) is 28.5. The number of likely N-dealkylation sites (tertiary alicyclic amines) is 1. The zero-order chi connectivity index (χ0) is 13.7. The van der Waals surface area contributed by atoms with Crippen molar-refractivity contribution in [1.29, 1.82) is 0 Å². The molecule has 110 valence electrons. The number of hydrogen-bond acceptors (Lipinski definition) is 2. The van der Waals surface area contributed by atoms with Gasteiger partial charge < -0.3 is 10.6 Å². The Morgan fingerprint density at radius 2 is 1.68 bits per heavy atom. The van der Waals surface area contributed by atoms with Crippen LogP contribution in [0, 0.1) is 11.8 Å². The second-order valence-corrected chi connectivity index (χ2v) is 6.59. The molecule has 2 N–H and O–H groups in total. The molecule has 1 saturated heterocycles. The summed E-state index contributed by atoms with van der Waals surface area (Å²) in [5.74, 6) is 1.23. The Hall–Kier alpha value is -0.570. The number of hydrogen-bond donors (Lipinski definition) is 1. The van der Waals surface area contributed by atoms with Crippen molar-refractivity contribution < 1.29 is 4.79 Å². The van der Waals surface area contributed by atoms with Gasteiger partial charge in [-0.2, -0.15) is 0 Å². The van der Waals surface area contributed by atoms with Crippen LogP contribution in [-0.2, 0) is 4.79 Å². The maximum atomic E-state index is 12.7. The molecule has 0 aromatic heterocycles. The van der Waals surface area contributed by atoms with E-state index in [2.05, 4.69) is 11.8 Å². The van der Waals surface area contributed by atoms with Gasteiger partial charge in [-0.15, -0.1) is 0 Å². The lowest BCUT2D eigenvalue weighted by molar-refractivity contribution is -0.138. The van der Waals surface area contributed by atoms with Crippen molar-refractivity contribution in [2.75, 3.05) is 13.1 Å². The summed E-state index contributed by atoms with van der Waals surface area (Å²) in [7, 11) is 0. The zero-order valence-corrected chi connectivity index (χ0v) is 12.4. The molecule has 1 aliphatic carbocycles. The average Bonchev–Trinajstić information content (AvgIpc) is 2.38. The largest absolute Gasteiger partial charge is 0.342 e. The first-order chi connectivity index (χ1) is 9.18. The summed E-state index contributed by atoms with van der Waals surface area (Å²) in [5, 5.41) is 0. The minimum Gasteiger partial charge on any atom is -0.342 e. The fraction of sp³-hybridized carbons (Fsp3) is 0.938. The summed E-state index contributed by atoms with van der Waals surface area (Å²) in [6, 6.07) is 0.216. The van der Waals surface area contributed by atoms with E-state index in [0.29, 0.717) is 17.7 Å². The first kappa shape index (κ1) is 14.8. The smallest absolute Gasteiger partial charge is 0.225 e. The lowest BCUT2D eigenvalue weighted by Crippen LogP contribution is -2.47. The van der Waals surface area contributed by atoms with Crippen LogP contribution in [0.15, 0.2) is 0 Å². The summed E-state index contributed by atoms with van der Waals surface area (Å²) in [4.78, 5) is 14.8. The molecule has 0 radical (unpaired) electrons. The van der Waals surface area contributed by atoms with Gasteiger partial charge in [0.1, 0.15) is 0 Å². The molecule has 2 atom stereocenters. The molecule has 3 nitrogen and oxygen atoms in total. The molecule has 0 aromatic carbocycles. The highest BCUT2D eigenvalue weighted by atomic mass is 16.2. The third-order valence-electron chi connectivity index (χ3n) is 4.97. The van der Waals surface area contributed by atoms with Crippen LogP contribution in [0.3, 0.4) is 0 Å². The van der Waals surface area contributed by atoms with Crippen LogP contribution in [0.2, 0.25) is 0 Å². The Labute approximate surface area is 117 Å². The fourth-order valence-corrected chi connectivity index (χ4v) is 3.60. The maximum Gasteiger partial charge on any atom is 0.225 e. The van der Waals surface area contributed by atoms with E-state index in [4.69, 9.17) is 5.73 Å². The lowest BCUT2D eigenvalue weighted by Gasteiger charge is -2.37. The van der Waals surface area contributed by atoms with Gasteiger partial charge in [0.05, 0.1) is 0 Å². The molecule has 2 fully saturated rings. The molecule has 1 heterocycles. The van der Waals surface area contributed by atoms with Gasteiger partial charge >= 0.3 is 0 Å². The highest BCUT2D eigenvalue weighted by Gasteiger charge is 2.29. The van der Waals surface area contributed by atoms with Crippen LogP contribution in [-0.4, -0.2) is 29.9 Å². The predicted molar refractivity (Wildman–Crippen MR) is 78.8 cm³/mol. The standard InChI is InChI=1S/C16H30N2O/c1-13(17)15-10-7-11-18(12-15)16(19)14-8-5-3-2-4-6-9-14/h13-15H,2-12,17H2,1H3. The van der Waals surface area contributed by atoms with Gasteiger partial charge in [-0.1, -0.05) is 32.1 Å². The third kappa shape index (κ3) is 4.20. The molecular formula is C16H30N2O. The molecular weight excluding hydrogens is 236 g/mol. The summed E-state index contributed by atoms with van der Waals surface area (Å²) >= 11 is 0. The van der Waals surface area contributed by atoms with E-state index in [0.717, 1.165) is 32.4 Å². The number of nitrogens with zero attached hydrogens (tertiary/aromatic N) is 1. The van der Waals surface area contributed by atoms with Crippen molar-refractivity contribution >= 4 is 5.91 Å². The Bertz CT molecular complexity index is 282. The minimum absolute atomic E-state index is 0.216. The first-order valence-corrected chi connectivity index (χ1v) is 8.23. The van der Waals surface area contributed by atoms with Crippen molar-refractivity contribution in [2.45, 2.75) is 70.8 Å². The van der Waals surface area contributed by atoms with E-state index in [-0.39, 0.29) is 6.04 Å². The Morgan fingerprint density at radius 3 is 2.32 bits per heavy atom. The van der Waals surface area contributed by atoms with Gasteiger partial charge in [0.2, 0.25) is 5.91 Å². The zero-order valence-electron chi connectivity index (χ0n) is 12.4. The highest BCUT2D eigenvalue weighted by molar-refractivity contribution is 5.79. The fourth-order valence-electron chi connectivity index (χ4n) is 3.60. The monoisotopic (exact) mass is 266 g/mol. The second-order valence-electron chi connectivity index (χ2n) is 6.59. The van der Waals surface area contributed by atoms with E-state index in [1.54, 1.807) is 0 Å². The van der Waals surface area contributed by atoms with E-state index in [1.165, 1.54) is 38.5 Å². The molecule has 19 heavy (non-hydrogen) atoms. The predicted octanol–water partition coefficient (Wildman–Crippen LogP) is 2.93. The van der Waals surface area contributed by atoms with Crippen LogP contribution < -0.4 is 5.73 Å². The van der Waals surface area contributed by atoms with Crippen molar-refractivity contribution in [2.24, 2.45) is 17.6 Å². The van der Waals surface area contributed by atoms with E-state index < -0.39 is 0 Å². The minimum atomic E-state index is 0.216. The SMILES string of the molecule is CC(N)C1CCCN(C(=O)C2CCCCCCC2)C1. The van der Waals surface area contributed by atoms with Crippen LogP contribution in [0.4, 0.5) is 0 Å². The number of piperidine rings is 1. The van der Waals surface area contributed by atoms with Crippen LogP contribution in [0.25, 0.3) is 0 Å². The number of carbonyl (C=O) groups excluding carboxylic acids is 1. The van der Waals surface area contributed by atoms with Crippen LogP contribution >= 0.6 is 0 Å². The molecule has 0 spiro atoms. The summed E-state index contributed by atoms with van der Waals surface area (Å²) in [6.07, 6.45) is 11.0. The van der Waals surface area contributed by atoms with Gasteiger partial charge in [-0.05, 0) is 38.5 Å². The number of amides is 1. The van der Waals surface area contributed by atoms with E-state index in [1.807, 2.05) is 0 Å². The highest BCUT2D eigenvalue weighted by Crippen LogP contribution is 2.26. The molecule has 2 unspecified atom stereocenters. The summed E-state index contributed by atoms with van der Waals surface area (Å²) in [5.41, 5.74) is 6.02. The van der Waals surface area contributed by atoms with Crippen molar-refractivity contribution in [1.82, 2.24) is 4.90 Å². The average molecular weight is 266 g/mol. The summed E-state index contributed by atoms with van der Waals surface area (Å²) in [6.45, 7) is 3.93. The van der Waals surface area contributed by atoms with Crippen molar-refractivity contribution in [3.8, 4) is 0 Å². The molecule has 0 bridgehead atoms. The molecule has 1 saturated carbocycles. The second kappa shape index (κ2) is 7.28. The van der Waals surface area contributed by atoms with E-state index >= 15 is 0 Å². The molecule has 3 heteroatoms. The van der Waals surface area contributed by atoms with Gasteiger partial charge in [0.25, 0.3) is 0 Å². The first-order valence-electron chi connectivity index (χ1n) is 8.23. The molecule has 1 aliphatic heterocycles. The quantitative estimate of drug-likeness (QED) is 0.835. The van der Waals surface area contributed by atoms with E-state index in [9.17, 15) is 4.79 Å². The van der Waals surface area contributed by atoms with Gasteiger partial charge in [-0.25, -0.2) is 0 Å². The van der Waals surface area contributed by atoms with Crippen molar-refractivity contribution in [3.05, 3.63) is 0 Å². The van der Waals surface area contributed by atoms with Crippen LogP contribution in [0.5, 0.6) is 0 Å². The molecule has 2 aliphatic rings. The Kier molecular flexibility index (Phi) is 5.68. The summed E-state index contributed by atoms with van der Waals surface area (Å²) < 4.78 is 0. The van der Waals surface area contributed by atoms with Gasteiger partial charge in [-0.3, -0.25) is 4.79 Å². The number of rotatable bonds is 2. The topological polar surface area (TPSA) is 46.3 Å². The Balaban J connectivity index is 1.89. The Morgan fingerprint density at radius 1 is 1.05 bits per heavy atom. The van der Waals surface area contributed by atoms with Gasteiger partial charge in [0, 0.05) is 25.0 Å². The third-order valence-corrected chi connectivity index (χ3v) is 4.97. The number of nitrogens with two attached hydrogens (primary N) is 1. The molecule has 2 rings (SSSR count). The van der Waals surface area contributed by atoms with Crippen molar-refractivity contribution in [3.63, 3.8) is 0 Å². The number of carbonyl (C=O) groups is 1. The lowest BCUT2D eigenvalue weighted by atomic mass is 9.87. The maximum absolute atomic E-state index is 12.7. The van der Waals surface area contributed by atoms with Crippen LogP contribution in [0.1, 0.15) is 64.7 Å². The molecule has 0 aromatic rings.